The van der Waals surface area contributed by atoms with Crippen molar-refractivity contribution in [1.82, 2.24) is 5.32 Å². The molecule has 0 aromatic heterocycles. The second kappa shape index (κ2) is 4.24. The first-order valence-corrected chi connectivity index (χ1v) is 4.12. The van der Waals surface area contributed by atoms with Gasteiger partial charge in [0.15, 0.2) is 0 Å². The number of carbonyl (C=O) groups excluding carboxylic acids is 2. The van der Waals surface area contributed by atoms with Crippen molar-refractivity contribution in [3.05, 3.63) is 0 Å². The minimum Gasteiger partial charge on any atom is -0.356 e. The minimum absolute atomic E-state index is 0.0864. The molecule has 0 aromatic rings. The number of hydrogen-bond acceptors (Lipinski definition) is 2. The van der Waals surface area contributed by atoms with Crippen LogP contribution in [0.1, 0.15) is 34.1 Å². The smallest absolute Gasteiger partial charge is 0.216 e. The summed E-state index contributed by atoms with van der Waals surface area (Å²) in [4.78, 5) is 21.7. The summed E-state index contributed by atoms with van der Waals surface area (Å²) in [6.07, 6.45) is 0.420. The topological polar surface area (TPSA) is 46.2 Å². The van der Waals surface area contributed by atoms with Crippen LogP contribution < -0.4 is 5.32 Å². The quantitative estimate of drug-likeness (QED) is 0.691. The molecule has 0 aliphatic heterocycles. The number of hydrogen-bond donors (Lipinski definition) is 1. The summed E-state index contributed by atoms with van der Waals surface area (Å²) in [5.74, 6) is 0.0907. The van der Waals surface area contributed by atoms with E-state index in [1.807, 2.05) is 20.8 Å². The fraction of sp³-hybridized carbons (Fsp3) is 0.778. The van der Waals surface area contributed by atoms with Gasteiger partial charge in [0.2, 0.25) is 5.91 Å². The summed E-state index contributed by atoms with van der Waals surface area (Å²) in [6, 6.07) is 0. The third-order valence-corrected chi connectivity index (χ3v) is 1.56. The summed E-state index contributed by atoms with van der Waals surface area (Å²) in [7, 11) is 0. The van der Waals surface area contributed by atoms with Crippen molar-refractivity contribution < 1.29 is 9.59 Å². The average molecular weight is 171 g/mol. The predicted molar refractivity (Wildman–Crippen MR) is 47.8 cm³/mol. The van der Waals surface area contributed by atoms with Gasteiger partial charge in [0, 0.05) is 25.3 Å². The fourth-order valence-corrected chi connectivity index (χ4v) is 0.727. The Labute approximate surface area is 73.5 Å². The molecule has 0 spiro atoms. The van der Waals surface area contributed by atoms with E-state index in [4.69, 9.17) is 0 Å². The molecule has 0 aliphatic rings. The second-order valence-corrected chi connectivity index (χ2v) is 3.91. The van der Waals surface area contributed by atoms with Crippen LogP contribution >= 0.6 is 0 Å². The number of carbonyl (C=O) groups is 2. The van der Waals surface area contributed by atoms with Gasteiger partial charge in [-0.2, -0.15) is 0 Å². The summed E-state index contributed by atoms with van der Waals surface area (Å²) < 4.78 is 0. The highest BCUT2D eigenvalue weighted by atomic mass is 16.1. The van der Waals surface area contributed by atoms with Gasteiger partial charge in [-0.1, -0.05) is 20.8 Å². The van der Waals surface area contributed by atoms with E-state index in [-0.39, 0.29) is 17.1 Å². The Kier molecular flexibility index (Phi) is 3.93. The lowest BCUT2D eigenvalue weighted by Crippen LogP contribution is -2.27. The second-order valence-electron chi connectivity index (χ2n) is 3.91. The van der Waals surface area contributed by atoms with Gasteiger partial charge in [0.25, 0.3) is 0 Å². The first kappa shape index (κ1) is 11.1. The van der Waals surface area contributed by atoms with Crippen LogP contribution in [-0.4, -0.2) is 18.2 Å². The van der Waals surface area contributed by atoms with Crippen LogP contribution in [0.5, 0.6) is 0 Å². The van der Waals surface area contributed by atoms with Crippen LogP contribution in [0.4, 0.5) is 0 Å². The molecule has 0 saturated heterocycles. The SMILES string of the molecule is CC(=O)NCCC(=O)C(C)(C)C. The highest BCUT2D eigenvalue weighted by molar-refractivity contribution is 5.84. The first-order chi connectivity index (χ1) is 5.34. The van der Waals surface area contributed by atoms with Gasteiger partial charge in [-0.3, -0.25) is 9.59 Å². The molecule has 1 N–H and O–H groups in total. The van der Waals surface area contributed by atoms with Crippen LogP contribution in [0, 0.1) is 5.41 Å². The molecule has 0 radical (unpaired) electrons. The van der Waals surface area contributed by atoms with Gasteiger partial charge in [-0.05, 0) is 0 Å². The number of rotatable bonds is 3. The lowest BCUT2D eigenvalue weighted by atomic mass is 9.89. The van der Waals surface area contributed by atoms with Gasteiger partial charge < -0.3 is 5.32 Å². The highest BCUT2D eigenvalue weighted by Crippen LogP contribution is 2.15. The molecule has 0 atom stereocenters. The predicted octanol–water partition coefficient (Wildman–Crippen LogP) is 1.13. The average Bonchev–Trinajstić information content (AvgIpc) is 1.84. The fourth-order valence-electron chi connectivity index (χ4n) is 0.727. The van der Waals surface area contributed by atoms with Crippen molar-refractivity contribution in [3.8, 4) is 0 Å². The lowest BCUT2D eigenvalue weighted by molar-refractivity contribution is -0.126. The molecule has 3 heteroatoms. The number of Topliss-reactive ketones (excluding diaryl/α,β-unsaturated/α-hetero) is 1. The zero-order valence-electron chi connectivity index (χ0n) is 8.23. The maximum Gasteiger partial charge on any atom is 0.216 e. The Morgan fingerprint density at radius 1 is 1.25 bits per heavy atom. The summed E-state index contributed by atoms with van der Waals surface area (Å²) >= 11 is 0. The molecule has 0 bridgehead atoms. The maximum absolute atomic E-state index is 11.3. The van der Waals surface area contributed by atoms with E-state index in [0.29, 0.717) is 13.0 Å². The van der Waals surface area contributed by atoms with Crippen LogP contribution in [0.15, 0.2) is 0 Å². The molecule has 70 valence electrons. The monoisotopic (exact) mass is 171 g/mol. The van der Waals surface area contributed by atoms with Crippen molar-refractivity contribution in [2.45, 2.75) is 34.1 Å². The molecule has 0 aromatic carbocycles. The van der Waals surface area contributed by atoms with Crippen molar-refractivity contribution in [1.29, 1.82) is 0 Å². The van der Waals surface area contributed by atoms with Crippen molar-refractivity contribution >= 4 is 11.7 Å². The summed E-state index contributed by atoms with van der Waals surface area (Å²) in [5.41, 5.74) is -0.293. The summed E-state index contributed by atoms with van der Waals surface area (Å²) in [5, 5.41) is 2.59. The Balaban J connectivity index is 3.66. The number of nitrogens with one attached hydrogen (secondary N) is 1. The van der Waals surface area contributed by atoms with Gasteiger partial charge in [-0.15, -0.1) is 0 Å². The van der Waals surface area contributed by atoms with Crippen molar-refractivity contribution in [3.63, 3.8) is 0 Å². The van der Waals surface area contributed by atoms with Crippen LogP contribution in [0.25, 0.3) is 0 Å². The van der Waals surface area contributed by atoms with Crippen LogP contribution in [-0.2, 0) is 9.59 Å². The molecule has 0 heterocycles. The van der Waals surface area contributed by atoms with E-state index in [0.717, 1.165) is 0 Å². The van der Waals surface area contributed by atoms with Gasteiger partial charge in [0.05, 0.1) is 0 Å². The third-order valence-electron chi connectivity index (χ3n) is 1.56. The van der Waals surface area contributed by atoms with Gasteiger partial charge >= 0.3 is 0 Å². The molecule has 0 aliphatic carbocycles. The Hall–Kier alpha value is -0.860. The molecule has 0 fully saturated rings. The molecular formula is C9H17NO2. The van der Waals surface area contributed by atoms with Crippen molar-refractivity contribution in [2.24, 2.45) is 5.41 Å². The van der Waals surface area contributed by atoms with E-state index in [9.17, 15) is 9.59 Å². The van der Waals surface area contributed by atoms with E-state index in [2.05, 4.69) is 5.32 Å². The molecule has 0 rings (SSSR count). The minimum atomic E-state index is -0.293. The van der Waals surface area contributed by atoms with Gasteiger partial charge in [0.1, 0.15) is 5.78 Å². The van der Waals surface area contributed by atoms with E-state index in [1.54, 1.807) is 0 Å². The third kappa shape index (κ3) is 4.88. The lowest BCUT2D eigenvalue weighted by Gasteiger charge is -2.16. The summed E-state index contributed by atoms with van der Waals surface area (Å²) in [6.45, 7) is 7.53. The molecular weight excluding hydrogens is 154 g/mol. The molecule has 1 amide bonds. The van der Waals surface area contributed by atoms with E-state index in [1.165, 1.54) is 6.92 Å². The Morgan fingerprint density at radius 2 is 1.75 bits per heavy atom. The number of amides is 1. The van der Waals surface area contributed by atoms with E-state index >= 15 is 0 Å². The first-order valence-electron chi connectivity index (χ1n) is 4.12. The van der Waals surface area contributed by atoms with Crippen LogP contribution in [0.2, 0.25) is 0 Å². The Morgan fingerprint density at radius 3 is 2.08 bits per heavy atom. The van der Waals surface area contributed by atoms with Crippen LogP contribution in [0.3, 0.4) is 0 Å². The van der Waals surface area contributed by atoms with Crippen molar-refractivity contribution in [2.75, 3.05) is 6.54 Å². The van der Waals surface area contributed by atoms with E-state index < -0.39 is 0 Å². The standard InChI is InChI=1S/C9H17NO2/c1-7(11)10-6-5-8(12)9(2,3)4/h5-6H2,1-4H3,(H,10,11). The van der Waals surface area contributed by atoms with Gasteiger partial charge in [-0.25, -0.2) is 0 Å². The largest absolute Gasteiger partial charge is 0.356 e. The highest BCUT2D eigenvalue weighted by Gasteiger charge is 2.19. The zero-order valence-corrected chi connectivity index (χ0v) is 8.23. The molecule has 3 nitrogen and oxygen atoms in total. The maximum atomic E-state index is 11.3. The number of ketones is 1. The normalized spacial score (nSPS) is 11.0. The zero-order chi connectivity index (χ0) is 9.78. The molecule has 12 heavy (non-hydrogen) atoms. The Bertz CT molecular complexity index is 179. The molecule has 0 saturated carbocycles. The molecule has 0 unspecified atom stereocenters.